The summed E-state index contributed by atoms with van der Waals surface area (Å²) in [6, 6.07) is 19.9. The fraction of sp³-hybridized carbons (Fsp3) is 0.412. The number of nitrogens with zero attached hydrogens (tertiary/aromatic N) is 2. The molecule has 2 aromatic carbocycles. The molecule has 4 aromatic rings. The Labute approximate surface area is 253 Å². The Bertz CT molecular complexity index is 1440. The van der Waals surface area contributed by atoms with Gasteiger partial charge in [-0.1, -0.05) is 71.3 Å². The van der Waals surface area contributed by atoms with E-state index >= 15 is 0 Å². The van der Waals surface area contributed by atoms with Gasteiger partial charge in [-0.2, -0.15) is 5.10 Å². The van der Waals surface area contributed by atoms with Gasteiger partial charge in [-0.15, -0.1) is 11.3 Å². The molecule has 2 heterocycles. The lowest BCUT2D eigenvalue weighted by molar-refractivity contribution is 0.0944. The van der Waals surface area contributed by atoms with E-state index in [-0.39, 0.29) is 16.7 Å². The van der Waals surface area contributed by atoms with Gasteiger partial charge >= 0.3 is 0 Å². The second-order valence-corrected chi connectivity index (χ2v) is 13.2. The summed E-state index contributed by atoms with van der Waals surface area (Å²) in [4.78, 5) is 14.3. The SMILES string of the molecule is CCC(C)(C)c1ccc(OCCCCNC(=O)c2cc(-c3cccs3)nn2-c2ccc(Cl)cc2)c(C(C)(C)CC)c1. The molecule has 0 aliphatic carbocycles. The molecule has 1 amide bonds. The van der Waals surface area contributed by atoms with Gasteiger partial charge in [-0.25, -0.2) is 4.68 Å². The van der Waals surface area contributed by atoms with Gasteiger partial charge < -0.3 is 10.1 Å². The first-order chi connectivity index (χ1) is 19.6. The summed E-state index contributed by atoms with van der Waals surface area (Å²) in [7, 11) is 0. The van der Waals surface area contributed by atoms with Gasteiger partial charge in [0.25, 0.3) is 5.91 Å². The highest BCUT2D eigenvalue weighted by Gasteiger charge is 2.26. The number of carbonyl (C=O) groups excluding carboxylic acids is 1. The maximum absolute atomic E-state index is 13.2. The monoisotopic (exact) mass is 591 g/mol. The van der Waals surface area contributed by atoms with Crippen molar-refractivity contribution in [1.29, 1.82) is 0 Å². The lowest BCUT2D eigenvalue weighted by Crippen LogP contribution is -2.27. The molecule has 5 nitrogen and oxygen atoms in total. The summed E-state index contributed by atoms with van der Waals surface area (Å²) < 4.78 is 8.00. The van der Waals surface area contributed by atoms with Gasteiger partial charge in [0.2, 0.25) is 0 Å². The van der Waals surface area contributed by atoms with Crippen LogP contribution in [-0.4, -0.2) is 28.8 Å². The first kappa shape index (κ1) is 30.9. The number of carbonyl (C=O) groups is 1. The molecule has 2 aromatic heterocycles. The molecular formula is C34H42ClN3O2S. The largest absolute Gasteiger partial charge is 0.493 e. The Kier molecular flexibility index (Phi) is 9.98. The van der Waals surface area contributed by atoms with Crippen LogP contribution in [0.2, 0.25) is 5.02 Å². The van der Waals surface area contributed by atoms with Crippen molar-refractivity contribution in [2.24, 2.45) is 0 Å². The molecule has 0 aliphatic rings. The van der Waals surface area contributed by atoms with E-state index in [0.29, 0.717) is 23.9 Å². The van der Waals surface area contributed by atoms with E-state index in [0.717, 1.165) is 47.7 Å². The van der Waals surface area contributed by atoms with Crippen LogP contribution in [0.1, 0.15) is 88.8 Å². The van der Waals surface area contributed by atoms with Crippen molar-refractivity contribution in [3.63, 3.8) is 0 Å². The van der Waals surface area contributed by atoms with Crippen LogP contribution in [0, 0.1) is 0 Å². The van der Waals surface area contributed by atoms with Crippen molar-refractivity contribution in [3.05, 3.63) is 87.9 Å². The highest BCUT2D eigenvalue weighted by Crippen LogP contribution is 2.38. The summed E-state index contributed by atoms with van der Waals surface area (Å²) in [6.45, 7) is 14.8. The number of amides is 1. The average molecular weight is 592 g/mol. The van der Waals surface area contributed by atoms with Crippen LogP contribution in [0.5, 0.6) is 5.75 Å². The minimum absolute atomic E-state index is 0.0259. The molecule has 218 valence electrons. The Morgan fingerprint density at radius 3 is 2.37 bits per heavy atom. The normalized spacial score (nSPS) is 12.0. The molecule has 4 rings (SSSR count). The van der Waals surface area contributed by atoms with Gasteiger partial charge in [0.1, 0.15) is 17.1 Å². The standard InChI is InChI=1S/C34H42ClN3O2S/c1-7-33(3,4)24-13-18-30(27(22-24)34(5,6)8-2)40-20-10-9-19-36-32(39)29-23-28(31-12-11-21-41-31)37-38(29)26-16-14-25(35)15-17-26/h11-18,21-23H,7-10,19-20H2,1-6H3,(H,36,39). The van der Waals surface area contributed by atoms with Crippen LogP contribution in [0.25, 0.3) is 16.3 Å². The van der Waals surface area contributed by atoms with Crippen molar-refractivity contribution in [1.82, 2.24) is 15.1 Å². The number of unbranched alkanes of at least 4 members (excludes halogenated alkanes) is 1. The molecule has 0 unspecified atom stereocenters. The fourth-order valence-electron chi connectivity index (χ4n) is 4.57. The topological polar surface area (TPSA) is 56.1 Å². The maximum Gasteiger partial charge on any atom is 0.270 e. The van der Waals surface area contributed by atoms with Crippen LogP contribution in [0.15, 0.2) is 66.0 Å². The molecule has 41 heavy (non-hydrogen) atoms. The highest BCUT2D eigenvalue weighted by molar-refractivity contribution is 7.13. The third-order valence-corrected chi connectivity index (χ3v) is 9.30. The fourth-order valence-corrected chi connectivity index (χ4v) is 5.38. The summed E-state index contributed by atoms with van der Waals surface area (Å²) in [6.07, 6.45) is 3.77. The second kappa shape index (κ2) is 13.3. The number of halogens is 1. The van der Waals surface area contributed by atoms with E-state index in [1.165, 1.54) is 11.1 Å². The van der Waals surface area contributed by atoms with Crippen LogP contribution >= 0.6 is 22.9 Å². The predicted molar refractivity (Wildman–Crippen MR) is 172 cm³/mol. The first-order valence-electron chi connectivity index (χ1n) is 14.5. The summed E-state index contributed by atoms with van der Waals surface area (Å²) in [5.41, 5.74) is 4.83. The van der Waals surface area contributed by atoms with Crippen molar-refractivity contribution in [2.45, 2.75) is 78.1 Å². The van der Waals surface area contributed by atoms with Gasteiger partial charge in [0.15, 0.2) is 0 Å². The molecule has 0 bridgehead atoms. The number of ether oxygens (including phenoxy) is 1. The van der Waals surface area contributed by atoms with Crippen LogP contribution in [0.3, 0.4) is 0 Å². The number of thiophene rings is 1. The molecule has 0 atom stereocenters. The Hall–Kier alpha value is -3.09. The van der Waals surface area contributed by atoms with Gasteiger partial charge in [0, 0.05) is 17.1 Å². The molecule has 1 N–H and O–H groups in total. The van der Waals surface area contributed by atoms with E-state index in [1.54, 1.807) is 28.2 Å². The third-order valence-electron chi connectivity index (χ3n) is 8.16. The minimum Gasteiger partial charge on any atom is -0.493 e. The number of nitrogens with one attached hydrogen (secondary N) is 1. The van der Waals surface area contributed by atoms with Crippen molar-refractivity contribution < 1.29 is 9.53 Å². The number of benzene rings is 2. The van der Waals surface area contributed by atoms with E-state index in [1.807, 2.05) is 35.7 Å². The lowest BCUT2D eigenvalue weighted by Gasteiger charge is -2.30. The van der Waals surface area contributed by atoms with Crippen LogP contribution in [0.4, 0.5) is 0 Å². The number of hydrogen-bond donors (Lipinski definition) is 1. The average Bonchev–Trinajstić information content (AvgIpc) is 3.66. The zero-order valence-electron chi connectivity index (χ0n) is 25.1. The first-order valence-corrected chi connectivity index (χ1v) is 15.8. The Balaban J connectivity index is 1.37. The molecular weight excluding hydrogens is 550 g/mol. The van der Waals surface area contributed by atoms with E-state index in [9.17, 15) is 4.79 Å². The molecule has 0 saturated heterocycles. The molecule has 0 spiro atoms. The highest BCUT2D eigenvalue weighted by atomic mass is 35.5. The zero-order chi connectivity index (χ0) is 29.6. The maximum atomic E-state index is 13.2. The van der Waals surface area contributed by atoms with E-state index in [4.69, 9.17) is 21.4 Å². The van der Waals surface area contributed by atoms with E-state index < -0.39 is 0 Å². The van der Waals surface area contributed by atoms with Crippen molar-refractivity contribution >= 4 is 28.8 Å². The number of hydrogen-bond acceptors (Lipinski definition) is 4. The number of rotatable bonds is 13. The Morgan fingerprint density at radius 2 is 1.71 bits per heavy atom. The molecule has 0 radical (unpaired) electrons. The van der Waals surface area contributed by atoms with Crippen LogP contribution < -0.4 is 10.1 Å². The summed E-state index contributed by atoms with van der Waals surface area (Å²) >= 11 is 7.69. The summed E-state index contributed by atoms with van der Waals surface area (Å²) in [5, 5.41) is 10.4. The molecule has 0 saturated carbocycles. The van der Waals surface area contributed by atoms with Gasteiger partial charge in [-0.05, 0) is 89.9 Å². The zero-order valence-corrected chi connectivity index (χ0v) is 26.7. The molecule has 0 fully saturated rings. The molecule has 7 heteroatoms. The molecule has 0 aliphatic heterocycles. The minimum atomic E-state index is -0.155. The lowest BCUT2D eigenvalue weighted by atomic mass is 9.76. The number of aromatic nitrogens is 2. The predicted octanol–water partition coefficient (Wildman–Crippen LogP) is 9.22. The van der Waals surface area contributed by atoms with Gasteiger partial charge in [0.05, 0.1) is 17.2 Å². The summed E-state index contributed by atoms with van der Waals surface area (Å²) in [5.74, 6) is 0.807. The third kappa shape index (κ3) is 7.41. The van der Waals surface area contributed by atoms with Crippen molar-refractivity contribution in [3.8, 4) is 22.0 Å². The van der Waals surface area contributed by atoms with Crippen LogP contribution in [-0.2, 0) is 10.8 Å². The van der Waals surface area contributed by atoms with E-state index in [2.05, 4.69) is 65.1 Å². The Morgan fingerprint density at radius 1 is 0.976 bits per heavy atom. The smallest absolute Gasteiger partial charge is 0.270 e. The van der Waals surface area contributed by atoms with Crippen molar-refractivity contribution in [2.75, 3.05) is 13.2 Å². The van der Waals surface area contributed by atoms with Gasteiger partial charge in [-0.3, -0.25) is 4.79 Å². The quantitative estimate of drug-likeness (QED) is 0.158. The second-order valence-electron chi connectivity index (χ2n) is 11.8.